The van der Waals surface area contributed by atoms with Crippen molar-refractivity contribution < 1.29 is 14.2 Å². The lowest BCUT2D eigenvalue weighted by atomic mass is 10.1. The van der Waals surface area contributed by atoms with Gasteiger partial charge in [0, 0.05) is 31.7 Å². The minimum absolute atomic E-state index is 0.134. The van der Waals surface area contributed by atoms with Gasteiger partial charge < -0.3 is 24.8 Å². The number of aliphatic imine (C=N–C) groups is 1. The third-order valence-corrected chi connectivity index (χ3v) is 5.28. The average molecular weight is 440 g/mol. The summed E-state index contributed by atoms with van der Waals surface area (Å²) in [5.41, 5.74) is 3.49. The molecule has 0 radical (unpaired) electrons. The molecule has 6 nitrogen and oxygen atoms in total. The van der Waals surface area contributed by atoms with Crippen LogP contribution in [0.15, 0.2) is 53.5 Å². The molecule has 3 rings (SSSR count). The van der Waals surface area contributed by atoms with Crippen LogP contribution in [0.5, 0.6) is 5.75 Å². The van der Waals surface area contributed by atoms with Gasteiger partial charge in [-0.2, -0.15) is 0 Å². The highest BCUT2D eigenvalue weighted by Gasteiger charge is 2.18. The van der Waals surface area contributed by atoms with E-state index in [2.05, 4.69) is 54.8 Å². The summed E-state index contributed by atoms with van der Waals surface area (Å²) in [6.45, 7) is 9.28. The molecular formula is C26H37N3O3. The van der Waals surface area contributed by atoms with E-state index in [1.165, 1.54) is 11.1 Å². The van der Waals surface area contributed by atoms with Gasteiger partial charge in [-0.1, -0.05) is 42.5 Å². The highest BCUT2D eigenvalue weighted by Crippen LogP contribution is 2.24. The predicted molar refractivity (Wildman–Crippen MR) is 129 cm³/mol. The molecule has 0 spiro atoms. The van der Waals surface area contributed by atoms with Crippen molar-refractivity contribution in [2.24, 2.45) is 4.99 Å². The van der Waals surface area contributed by atoms with Crippen LogP contribution in [-0.4, -0.2) is 45.0 Å². The van der Waals surface area contributed by atoms with Crippen molar-refractivity contribution in [1.82, 2.24) is 10.6 Å². The Morgan fingerprint density at radius 2 is 2.00 bits per heavy atom. The van der Waals surface area contributed by atoms with Crippen LogP contribution in [0.2, 0.25) is 0 Å². The van der Waals surface area contributed by atoms with E-state index in [0.29, 0.717) is 19.8 Å². The molecule has 1 aliphatic heterocycles. The molecule has 1 unspecified atom stereocenters. The molecule has 6 heteroatoms. The smallest absolute Gasteiger partial charge is 0.191 e. The van der Waals surface area contributed by atoms with E-state index in [-0.39, 0.29) is 6.10 Å². The molecule has 0 saturated carbocycles. The zero-order valence-corrected chi connectivity index (χ0v) is 19.4. The molecule has 0 aromatic heterocycles. The van der Waals surface area contributed by atoms with E-state index in [4.69, 9.17) is 19.2 Å². The lowest BCUT2D eigenvalue weighted by molar-refractivity contribution is 0.117. The van der Waals surface area contributed by atoms with Gasteiger partial charge in [0.05, 0.1) is 26.4 Å². The van der Waals surface area contributed by atoms with Crippen LogP contribution in [0, 0.1) is 6.92 Å². The number of aryl methyl sites for hydroxylation is 1. The van der Waals surface area contributed by atoms with Crippen LogP contribution < -0.4 is 15.4 Å². The number of rotatable bonds is 12. The zero-order valence-electron chi connectivity index (χ0n) is 19.4. The second kappa shape index (κ2) is 13.8. The first-order chi connectivity index (χ1) is 15.7. The van der Waals surface area contributed by atoms with Crippen LogP contribution in [0.4, 0.5) is 0 Å². The summed E-state index contributed by atoms with van der Waals surface area (Å²) in [4.78, 5) is 4.77. The lowest BCUT2D eigenvalue weighted by Crippen LogP contribution is -2.37. The number of hydrogen-bond acceptors (Lipinski definition) is 4. The van der Waals surface area contributed by atoms with Gasteiger partial charge in [-0.3, -0.25) is 0 Å². The summed E-state index contributed by atoms with van der Waals surface area (Å²) in [5.74, 6) is 1.74. The average Bonchev–Trinajstić information content (AvgIpc) is 3.31. The number of hydrogen-bond donors (Lipinski definition) is 2. The Balaban J connectivity index is 1.42. The Labute approximate surface area is 192 Å². The Kier molecular flexibility index (Phi) is 10.4. The van der Waals surface area contributed by atoms with Crippen molar-refractivity contribution in [3.8, 4) is 5.75 Å². The summed E-state index contributed by atoms with van der Waals surface area (Å²) in [5, 5.41) is 6.75. The molecule has 174 valence electrons. The number of benzene rings is 2. The molecule has 0 bridgehead atoms. The van der Waals surface area contributed by atoms with Gasteiger partial charge >= 0.3 is 0 Å². The first-order valence-corrected chi connectivity index (χ1v) is 11.7. The van der Waals surface area contributed by atoms with Crippen LogP contribution in [-0.2, 0) is 22.6 Å². The lowest BCUT2D eigenvalue weighted by Gasteiger charge is -2.16. The number of guanidine groups is 1. The topological polar surface area (TPSA) is 64.1 Å². The Morgan fingerprint density at radius 1 is 1.12 bits per heavy atom. The SMILES string of the molecule is CCNC(=NCc1ccc(C)cc1OC1CCOC1)NCCCCOCc1ccccc1. The van der Waals surface area contributed by atoms with Gasteiger partial charge in [-0.25, -0.2) is 4.99 Å². The van der Waals surface area contributed by atoms with Crippen LogP contribution in [0.25, 0.3) is 0 Å². The van der Waals surface area contributed by atoms with E-state index in [9.17, 15) is 0 Å². The normalized spacial score (nSPS) is 16.2. The van der Waals surface area contributed by atoms with Crippen molar-refractivity contribution in [3.05, 3.63) is 65.2 Å². The number of nitrogens with zero attached hydrogens (tertiary/aromatic N) is 1. The fourth-order valence-electron chi connectivity index (χ4n) is 3.49. The van der Waals surface area contributed by atoms with Crippen LogP contribution in [0.3, 0.4) is 0 Å². The highest BCUT2D eigenvalue weighted by atomic mass is 16.5. The monoisotopic (exact) mass is 439 g/mol. The van der Waals surface area contributed by atoms with Gasteiger partial charge in [-0.05, 0) is 43.9 Å². The fraction of sp³-hybridized carbons (Fsp3) is 0.500. The standard InChI is InChI=1S/C26H37N3O3/c1-3-27-26(28-14-7-8-15-30-19-22-9-5-4-6-10-22)29-18-23-12-11-21(2)17-25(23)32-24-13-16-31-20-24/h4-6,9-12,17,24H,3,7-8,13-16,18-20H2,1-2H3,(H2,27,28,29). The fourth-order valence-corrected chi connectivity index (χ4v) is 3.49. The predicted octanol–water partition coefficient (Wildman–Crippen LogP) is 4.21. The number of unbranched alkanes of at least 4 members (excludes halogenated alkanes) is 1. The minimum Gasteiger partial charge on any atom is -0.488 e. The summed E-state index contributed by atoms with van der Waals surface area (Å²) in [6, 6.07) is 16.6. The molecule has 0 amide bonds. The van der Waals surface area contributed by atoms with Crippen LogP contribution in [0.1, 0.15) is 42.9 Å². The van der Waals surface area contributed by atoms with Crippen molar-refractivity contribution >= 4 is 5.96 Å². The third kappa shape index (κ3) is 8.52. The van der Waals surface area contributed by atoms with E-state index in [1.54, 1.807) is 0 Å². The third-order valence-electron chi connectivity index (χ3n) is 5.28. The van der Waals surface area contributed by atoms with Gasteiger partial charge in [0.15, 0.2) is 5.96 Å². The Hall–Kier alpha value is -2.57. The minimum atomic E-state index is 0.134. The number of ether oxygens (including phenoxy) is 3. The molecule has 1 aliphatic rings. The van der Waals surface area contributed by atoms with Gasteiger partial charge in [0.2, 0.25) is 0 Å². The zero-order chi connectivity index (χ0) is 22.4. The molecule has 1 fully saturated rings. The second-order valence-electron chi connectivity index (χ2n) is 8.08. The van der Waals surface area contributed by atoms with E-state index >= 15 is 0 Å². The summed E-state index contributed by atoms with van der Waals surface area (Å²) >= 11 is 0. The van der Waals surface area contributed by atoms with Crippen molar-refractivity contribution in [2.75, 3.05) is 32.9 Å². The highest BCUT2D eigenvalue weighted by molar-refractivity contribution is 5.79. The first-order valence-electron chi connectivity index (χ1n) is 11.7. The molecule has 2 N–H and O–H groups in total. The molecule has 1 saturated heterocycles. The largest absolute Gasteiger partial charge is 0.488 e. The first kappa shape index (κ1) is 24.1. The summed E-state index contributed by atoms with van der Waals surface area (Å²) in [7, 11) is 0. The van der Waals surface area contributed by atoms with Crippen molar-refractivity contribution in [3.63, 3.8) is 0 Å². The second-order valence-corrected chi connectivity index (χ2v) is 8.08. The van der Waals surface area contributed by atoms with E-state index in [0.717, 1.165) is 62.8 Å². The van der Waals surface area contributed by atoms with Crippen molar-refractivity contribution in [2.45, 2.75) is 52.4 Å². The van der Waals surface area contributed by atoms with Crippen LogP contribution >= 0.6 is 0 Å². The van der Waals surface area contributed by atoms with Gasteiger partial charge in [0.1, 0.15) is 11.9 Å². The molecule has 2 aromatic rings. The molecular weight excluding hydrogens is 402 g/mol. The maximum absolute atomic E-state index is 6.20. The molecule has 1 heterocycles. The Morgan fingerprint density at radius 3 is 2.78 bits per heavy atom. The quantitative estimate of drug-likeness (QED) is 0.295. The van der Waals surface area contributed by atoms with Gasteiger partial charge in [0.25, 0.3) is 0 Å². The summed E-state index contributed by atoms with van der Waals surface area (Å²) in [6.07, 6.45) is 3.11. The Bertz CT molecular complexity index is 820. The molecule has 0 aliphatic carbocycles. The van der Waals surface area contributed by atoms with Crippen molar-refractivity contribution in [1.29, 1.82) is 0 Å². The molecule has 32 heavy (non-hydrogen) atoms. The maximum atomic E-state index is 6.20. The number of nitrogens with one attached hydrogen (secondary N) is 2. The van der Waals surface area contributed by atoms with E-state index in [1.807, 2.05) is 18.2 Å². The summed E-state index contributed by atoms with van der Waals surface area (Å²) < 4.78 is 17.4. The molecule has 1 atom stereocenters. The maximum Gasteiger partial charge on any atom is 0.191 e. The van der Waals surface area contributed by atoms with E-state index < -0.39 is 0 Å². The molecule has 2 aromatic carbocycles. The van der Waals surface area contributed by atoms with Gasteiger partial charge in [-0.15, -0.1) is 0 Å².